The molecule has 1 unspecified atom stereocenters. The van der Waals surface area contributed by atoms with E-state index < -0.39 is 0 Å². The number of H-pyrrole nitrogens is 1. The molecule has 0 amide bonds. The van der Waals surface area contributed by atoms with E-state index in [4.69, 9.17) is 27.9 Å². The Morgan fingerprint density at radius 1 is 1.15 bits per heavy atom. The summed E-state index contributed by atoms with van der Waals surface area (Å²) < 4.78 is 5.70. The third-order valence-electron chi connectivity index (χ3n) is 3.57. The third kappa shape index (κ3) is 1.78. The summed E-state index contributed by atoms with van der Waals surface area (Å²) in [4.78, 5) is 7.93. The Labute approximate surface area is 125 Å². The van der Waals surface area contributed by atoms with E-state index in [2.05, 4.69) is 16.0 Å². The van der Waals surface area contributed by atoms with E-state index in [1.807, 2.05) is 18.2 Å². The van der Waals surface area contributed by atoms with Gasteiger partial charge in [0.1, 0.15) is 18.2 Å². The van der Waals surface area contributed by atoms with Crippen molar-refractivity contribution in [1.82, 2.24) is 9.97 Å². The quantitative estimate of drug-likeness (QED) is 0.724. The number of aromatic nitrogens is 2. The highest BCUT2D eigenvalue weighted by Gasteiger charge is 2.27. The molecule has 3 aromatic rings. The third-order valence-corrected chi connectivity index (χ3v) is 4.29. The van der Waals surface area contributed by atoms with E-state index in [-0.39, 0.29) is 5.92 Å². The molecule has 1 N–H and O–H groups in total. The largest absolute Gasteiger partial charge is 0.492 e. The second-order valence-electron chi connectivity index (χ2n) is 4.81. The lowest BCUT2D eigenvalue weighted by molar-refractivity contribution is 0.340. The summed E-state index contributed by atoms with van der Waals surface area (Å²) in [7, 11) is 0. The predicted molar refractivity (Wildman–Crippen MR) is 79.9 cm³/mol. The highest BCUT2D eigenvalue weighted by atomic mass is 35.5. The molecule has 3 nitrogen and oxygen atoms in total. The number of para-hydroxylation sites is 1. The molecule has 2 heterocycles. The van der Waals surface area contributed by atoms with Crippen molar-refractivity contribution in [2.45, 2.75) is 5.92 Å². The van der Waals surface area contributed by atoms with Gasteiger partial charge in [-0.15, -0.1) is 0 Å². The standard InChI is InChI=1S/C15H10Cl2N2O/c16-10-5-12-13(6-11(10)17)19-15(18-12)9-7-20-14-4-2-1-3-8(9)14/h1-6,9H,7H2,(H,18,19). The molecule has 0 spiro atoms. The Hall–Kier alpha value is -1.71. The number of nitrogens with one attached hydrogen (secondary N) is 1. The van der Waals surface area contributed by atoms with Crippen molar-refractivity contribution in [2.75, 3.05) is 6.61 Å². The Kier molecular flexibility index (Phi) is 2.65. The van der Waals surface area contributed by atoms with Gasteiger partial charge >= 0.3 is 0 Å². The van der Waals surface area contributed by atoms with Gasteiger partial charge in [0.05, 0.1) is 27.0 Å². The van der Waals surface area contributed by atoms with Crippen molar-refractivity contribution in [1.29, 1.82) is 0 Å². The molecular weight excluding hydrogens is 295 g/mol. The number of imidazole rings is 1. The number of fused-ring (bicyclic) bond motifs is 2. The molecular formula is C15H10Cl2N2O. The highest BCUT2D eigenvalue weighted by Crippen LogP contribution is 2.37. The van der Waals surface area contributed by atoms with Gasteiger partial charge in [-0.25, -0.2) is 4.98 Å². The smallest absolute Gasteiger partial charge is 0.123 e. The van der Waals surface area contributed by atoms with Crippen LogP contribution in [0.1, 0.15) is 17.3 Å². The number of halogens is 2. The molecule has 20 heavy (non-hydrogen) atoms. The normalized spacial score (nSPS) is 17.2. The van der Waals surface area contributed by atoms with Gasteiger partial charge in [0.25, 0.3) is 0 Å². The zero-order chi connectivity index (χ0) is 13.7. The number of hydrogen-bond acceptors (Lipinski definition) is 2. The summed E-state index contributed by atoms with van der Waals surface area (Å²) in [6.45, 7) is 0.598. The molecule has 0 fully saturated rings. The van der Waals surface area contributed by atoms with Crippen molar-refractivity contribution < 1.29 is 4.74 Å². The van der Waals surface area contributed by atoms with Crippen LogP contribution in [0.3, 0.4) is 0 Å². The fraction of sp³-hybridized carbons (Fsp3) is 0.133. The van der Waals surface area contributed by atoms with Gasteiger partial charge in [-0.1, -0.05) is 41.4 Å². The molecule has 0 radical (unpaired) electrons. The lowest BCUT2D eigenvalue weighted by atomic mass is 10.0. The number of benzene rings is 2. The number of aromatic amines is 1. The molecule has 1 aromatic heterocycles. The number of hydrogen-bond donors (Lipinski definition) is 1. The molecule has 1 aliphatic heterocycles. The molecule has 0 saturated carbocycles. The van der Waals surface area contributed by atoms with Crippen molar-refractivity contribution in [2.24, 2.45) is 0 Å². The minimum atomic E-state index is 0.121. The van der Waals surface area contributed by atoms with Gasteiger partial charge in [-0.3, -0.25) is 0 Å². The minimum Gasteiger partial charge on any atom is -0.492 e. The van der Waals surface area contributed by atoms with Gasteiger partial charge in [-0.2, -0.15) is 0 Å². The van der Waals surface area contributed by atoms with Crippen LogP contribution in [-0.2, 0) is 0 Å². The summed E-state index contributed by atoms with van der Waals surface area (Å²) in [5.41, 5.74) is 2.86. The first kappa shape index (κ1) is 12.1. The molecule has 4 rings (SSSR count). The predicted octanol–water partition coefficient (Wildman–Crippen LogP) is 4.39. The van der Waals surface area contributed by atoms with Gasteiger partial charge in [0.15, 0.2) is 0 Å². The first-order valence-corrected chi connectivity index (χ1v) is 7.04. The summed E-state index contributed by atoms with van der Waals surface area (Å²) in [5, 5.41) is 1.04. The zero-order valence-electron chi connectivity index (χ0n) is 10.4. The average Bonchev–Trinajstić information content (AvgIpc) is 3.02. The SMILES string of the molecule is Clc1cc2nc(C3COc4ccccc43)[nH]c2cc1Cl. The van der Waals surface area contributed by atoms with Crippen LogP contribution in [0, 0.1) is 0 Å². The van der Waals surface area contributed by atoms with Gasteiger partial charge in [0, 0.05) is 5.56 Å². The topological polar surface area (TPSA) is 37.9 Å². The summed E-state index contributed by atoms with van der Waals surface area (Å²) in [5.74, 6) is 1.92. The van der Waals surface area contributed by atoms with Gasteiger partial charge in [0.2, 0.25) is 0 Å². The molecule has 2 aromatic carbocycles. The van der Waals surface area contributed by atoms with Crippen molar-refractivity contribution in [3.63, 3.8) is 0 Å². The fourth-order valence-electron chi connectivity index (χ4n) is 2.58. The minimum absolute atomic E-state index is 0.121. The van der Waals surface area contributed by atoms with Crippen LogP contribution in [-0.4, -0.2) is 16.6 Å². The van der Waals surface area contributed by atoms with Crippen LogP contribution in [0.4, 0.5) is 0 Å². The van der Waals surface area contributed by atoms with E-state index in [0.717, 1.165) is 28.2 Å². The molecule has 0 aliphatic carbocycles. The monoisotopic (exact) mass is 304 g/mol. The number of rotatable bonds is 1. The maximum atomic E-state index is 6.03. The Morgan fingerprint density at radius 3 is 2.85 bits per heavy atom. The first-order valence-electron chi connectivity index (χ1n) is 6.29. The van der Waals surface area contributed by atoms with Crippen LogP contribution < -0.4 is 4.74 Å². The zero-order valence-corrected chi connectivity index (χ0v) is 11.9. The lowest BCUT2D eigenvalue weighted by Gasteiger charge is -2.03. The van der Waals surface area contributed by atoms with Crippen molar-refractivity contribution in [3.05, 3.63) is 57.8 Å². The Morgan fingerprint density at radius 2 is 1.95 bits per heavy atom. The first-order chi connectivity index (χ1) is 9.72. The average molecular weight is 305 g/mol. The summed E-state index contributed by atoms with van der Waals surface area (Å²) >= 11 is 12.1. The van der Waals surface area contributed by atoms with E-state index in [0.29, 0.717) is 16.7 Å². The number of ether oxygens (including phenoxy) is 1. The highest BCUT2D eigenvalue weighted by molar-refractivity contribution is 6.42. The summed E-state index contributed by atoms with van der Waals surface area (Å²) in [6, 6.07) is 11.6. The lowest BCUT2D eigenvalue weighted by Crippen LogP contribution is -2.04. The van der Waals surface area contributed by atoms with Crippen molar-refractivity contribution >= 4 is 34.2 Å². The Balaban J connectivity index is 1.84. The molecule has 1 aliphatic rings. The maximum Gasteiger partial charge on any atom is 0.123 e. The van der Waals surface area contributed by atoms with E-state index in [9.17, 15) is 0 Å². The molecule has 1 atom stereocenters. The van der Waals surface area contributed by atoms with Crippen molar-refractivity contribution in [3.8, 4) is 5.75 Å². The van der Waals surface area contributed by atoms with Gasteiger partial charge in [-0.05, 0) is 18.2 Å². The van der Waals surface area contributed by atoms with E-state index in [1.54, 1.807) is 12.1 Å². The fourth-order valence-corrected chi connectivity index (χ4v) is 2.90. The van der Waals surface area contributed by atoms with Gasteiger partial charge < -0.3 is 9.72 Å². The van der Waals surface area contributed by atoms with Crippen LogP contribution in [0.2, 0.25) is 10.0 Å². The van der Waals surface area contributed by atoms with E-state index >= 15 is 0 Å². The van der Waals surface area contributed by atoms with Crippen LogP contribution in [0.25, 0.3) is 11.0 Å². The number of nitrogens with zero attached hydrogens (tertiary/aromatic N) is 1. The second kappa shape index (κ2) is 4.40. The Bertz CT molecular complexity index is 774. The van der Waals surface area contributed by atoms with E-state index in [1.165, 1.54) is 0 Å². The molecule has 5 heteroatoms. The summed E-state index contributed by atoms with van der Waals surface area (Å²) in [6.07, 6.45) is 0. The molecule has 100 valence electrons. The molecule has 0 bridgehead atoms. The van der Waals surface area contributed by atoms with Crippen LogP contribution in [0.5, 0.6) is 5.75 Å². The molecule has 0 saturated heterocycles. The van der Waals surface area contributed by atoms with Crippen LogP contribution in [0.15, 0.2) is 36.4 Å². The second-order valence-corrected chi connectivity index (χ2v) is 5.62. The van der Waals surface area contributed by atoms with Crippen LogP contribution >= 0.6 is 23.2 Å². The maximum absolute atomic E-state index is 6.03.